The van der Waals surface area contributed by atoms with Crippen LogP contribution in [-0.4, -0.2) is 49.0 Å². The van der Waals surface area contributed by atoms with Crippen LogP contribution in [0, 0.1) is 0 Å². The summed E-state index contributed by atoms with van der Waals surface area (Å²) in [5.41, 5.74) is 2.22. The van der Waals surface area contributed by atoms with E-state index in [1.165, 1.54) is 5.56 Å². The number of halogens is 1. The topological polar surface area (TPSA) is 96.5 Å². The first-order valence-electron chi connectivity index (χ1n) is 10.3. The van der Waals surface area contributed by atoms with Gasteiger partial charge in [0.1, 0.15) is 17.3 Å². The van der Waals surface area contributed by atoms with Gasteiger partial charge < -0.3 is 20.1 Å². The minimum atomic E-state index is 0. The fourth-order valence-corrected chi connectivity index (χ4v) is 3.14. The van der Waals surface area contributed by atoms with Crippen LogP contribution in [0.5, 0.6) is 11.5 Å². The number of aliphatic imine (C=N–C) groups is 1. The lowest BCUT2D eigenvalue weighted by molar-refractivity contribution is 0.414. The molecule has 0 aliphatic rings. The number of ether oxygens (including phenoxy) is 2. The van der Waals surface area contributed by atoms with Gasteiger partial charge in [-0.25, -0.2) is 4.98 Å². The number of benzene rings is 2. The van der Waals surface area contributed by atoms with Crippen molar-refractivity contribution in [3.63, 3.8) is 0 Å². The number of H-pyrrole nitrogens is 1. The van der Waals surface area contributed by atoms with Crippen molar-refractivity contribution >= 4 is 29.9 Å². The first-order valence-corrected chi connectivity index (χ1v) is 10.3. The summed E-state index contributed by atoms with van der Waals surface area (Å²) in [6.07, 6.45) is 0.983. The maximum absolute atomic E-state index is 5.22. The Bertz CT molecular complexity index is 973. The molecule has 0 fully saturated rings. The Kier molecular flexibility index (Phi) is 10.3. The molecule has 3 rings (SSSR count). The van der Waals surface area contributed by atoms with Crippen LogP contribution in [0.1, 0.15) is 30.7 Å². The lowest BCUT2D eigenvalue weighted by Gasteiger charge is -2.15. The molecule has 0 aliphatic carbocycles. The van der Waals surface area contributed by atoms with Crippen molar-refractivity contribution < 1.29 is 9.47 Å². The largest absolute Gasteiger partial charge is 0.497 e. The molecule has 1 aromatic heterocycles. The number of hydrogen-bond acceptors (Lipinski definition) is 5. The number of hydrogen-bond donors (Lipinski definition) is 3. The average molecular weight is 550 g/mol. The van der Waals surface area contributed by atoms with Crippen molar-refractivity contribution in [2.45, 2.75) is 25.8 Å². The zero-order chi connectivity index (χ0) is 22.1. The highest BCUT2D eigenvalue weighted by Gasteiger charge is 2.09. The van der Waals surface area contributed by atoms with Gasteiger partial charge in [0.15, 0.2) is 11.8 Å². The van der Waals surface area contributed by atoms with E-state index in [1.54, 1.807) is 21.3 Å². The number of nitrogens with zero attached hydrogens (tertiary/aromatic N) is 3. The van der Waals surface area contributed by atoms with Gasteiger partial charge in [-0.2, -0.15) is 5.10 Å². The fraction of sp³-hybridized carbons (Fsp3) is 0.348. The number of nitrogens with one attached hydrogen (secondary N) is 3. The molecule has 3 aromatic rings. The molecular formula is C23H31IN6O2. The molecule has 1 unspecified atom stereocenters. The summed E-state index contributed by atoms with van der Waals surface area (Å²) >= 11 is 0. The maximum Gasteiger partial charge on any atom is 0.191 e. The summed E-state index contributed by atoms with van der Waals surface area (Å²) in [7, 11) is 5.08. The molecule has 0 aliphatic heterocycles. The summed E-state index contributed by atoms with van der Waals surface area (Å²) in [5, 5.41) is 13.9. The van der Waals surface area contributed by atoms with Crippen LogP contribution in [0.15, 0.2) is 53.5 Å². The van der Waals surface area contributed by atoms with E-state index in [9.17, 15) is 0 Å². The van der Waals surface area contributed by atoms with Crippen LogP contribution in [0.4, 0.5) is 0 Å². The smallest absolute Gasteiger partial charge is 0.191 e. The van der Waals surface area contributed by atoms with Crippen LogP contribution in [0.25, 0.3) is 11.4 Å². The molecule has 3 N–H and O–H groups in total. The summed E-state index contributed by atoms with van der Waals surface area (Å²) in [5.74, 6) is 4.22. The first-order chi connectivity index (χ1) is 15.1. The summed E-state index contributed by atoms with van der Waals surface area (Å²) < 4.78 is 10.4. The van der Waals surface area contributed by atoms with Crippen LogP contribution >= 0.6 is 24.0 Å². The zero-order valence-electron chi connectivity index (χ0n) is 18.9. The Labute approximate surface area is 206 Å². The van der Waals surface area contributed by atoms with Crippen molar-refractivity contribution in [2.24, 2.45) is 4.99 Å². The Morgan fingerprint density at radius 2 is 1.62 bits per heavy atom. The number of aromatic nitrogens is 3. The number of rotatable bonds is 9. The number of guanidine groups is 1. The predicted molar refractivity (Wildman–Crippen MR) is 138 cm³/mol. The SMILES string of the molecule is CN=C(NCCC(C)c1ccc(OC)cc1)NCc1nc(-c2ccc(OC)cc2)n[nH]1.I. The van der Waals surface area contributed by atoms with Crippen molar-refractivity contribution in [3.05, 3.63) is 59.9 Å². The monoisotopic (exact) mass is 550 g/mol. The van der Waals surface area contributed by atoms with E-state index in [0.29, 0.717) is 18.3 Å². The van der Waals surface area contributed by atoms with E-state index >= 15 is 0 Å². The van der Waals surface area contributed by atoms with Gasteiger partial charge in [0.2, 0.25) is 0 Å². The van der Waals surface area contributed by atoms with Crippen molar-refractivity contribution in [1.29, 1.82) is 0 Å². The van der Waals surface area contributed by atoms with Crippen LogP contribution in [0.3, 0.4) is 0 Å². The lowest BCUT2D eigenvalue weighted by atomic mass is 9.98. The molecule has 8 nitrogen and oxygen atoms in total. The van der Waals surface area contributed by atoms with Gasteiger partial charge in [0.25, 0.3) is 0 Å². The fourth-order valence-electron chi connectivity index (χ4n) is 3.14. The lowest BCUT2D eigenvalue weighted by Crippen LogP contribution is -2.37. The van der Waals surface area contributed by atoms with Gasteiger partial charge in [-0.1, -0.05) is 19.1 Å². The summed E-state index contributed by atoms with van der Waals surface area (Å²) in [4.78, 5) is 8.82. The van der Waals surface area contributed by atoms with Gasteiger partial charge >= 0.3 is 0 Å². The second-order valence-electron chi connectivity index (χ2n) is 7.15. The molecule has 9 heteroatoms. The third-order valence-electron chi connectivity index (χ3n) is 5.08. The summed E-state index contributed by atoms with van der Waals surface area (Å²) in [6, 6.07) is 15.9. The van der Waals surface area contributed by atoms with Gasteiger partial charge in [0, 0.05) is 19.2 Å². The molecule has 0 saturated carbocycles. The Hall–Kier alpha value is -2.82. The molecule has 2 aromatic carbocycles. The van der Waals surface area contributed by atoms with Crippen LogP contribution in [0.2, 0.25) is 0 Å². The van der Waals surface area contributed by atoms with Crippen molar-refractivity contribution in [1.82, 2.24) is 25.8 Å². The molecule has 1 atom stereocenters. The quantitative estimate of drug-likeness (QED) is 0.212. The van der Waals surface area contributed by atoms with Crippen LogP contribution in [-0.2, 0) is 6.54 Å². The maximum atomic E-state index is 5.22. The van der Waals surface area contributed by atoms with E-state index in [2.05, 4.69) is 49.9 Å². The molecule has 1 heterocycles. The average Bonchev–Trinajstić information content (AvgIpc) is 3.30. The normalized spacial score (nSPS) is 11.9. The zero-order valence-corrected chi connectivity index (χ0v) is 21.2. The van der Waals surface area contributed by atoms with E-state index in [1.807, 2.05) is 36.4 Å². The van der Waals surface area contributed by atoms with E-state index in [-0.39, 0.29) is 24.0 Å². The van der Waals surface area contributed by atoms with Gasteiger partial charge in [0.05, 0.1) is 20.8 Å². The third kappa shape index (κ3) is 7.11. The highest BCUT2D eigenvalue weighted by molar-refractivity contribution is 14.0. The molecule has 0 bridgehead atoms. The Morgan fingerprint density at radius 1 is 1.00 bits per heavy atom. The Morgan fingerprint density at radius 3 is 2.22 bits per heavy atom. The molecule has 32 heavy (non-hydrogen) atoms. The molecule has 172 valence electrons. The van der Waals surface area contributed by atoms with Crippen molar-refractivity contribution in [2.75, 3.05) is 27.8 Å². The van der Waals surface area contributed by atoms with Gasteiger partial charge in [-0.3, -0.25) is 10.1 Å². The predicted octanol–water partition coefficient (Wildman–Crippen LogP) is 3.97. The highest BCUT2D eigenvalue weighted by Crippen LogP contribution is 2.21. The minimum Gasteiger partial charge on any atom is -0.497 e. The number of aromatic amines is 1. The highest BCUT2D eigenvalue weighted by atomic mass is 127. The van der Waals surface area contributed by atoms with E-state index < -0.39 is 0 Å². The molecule has 0 amide bonds. The second-order valence-corrected chi connectivity index (χ2v) is 7.15. The minimum absolute atomic E-state index is 0. The standard InChI is InChI=1S/C23H30N6O2.HI/c1-16(17-5-9-19(30-3)10-6-17)13-14-25-23(24-2)26-15-21-27-22(29-28-21)18-7-11-20(31-4)12-8-18;/h5-12,16H,13-15H2,1-4H3,(H2,24,25,26)(H,27,28,29);1H. The summed E-state index contributed by atoms with van der Waals surface area (Å²) in [6.45, 7) is 3.52. The van der Waals surface area contributed by atoms with Gasteiger partial charge in [-0.15, -0.1) is 24.0 Å². The molecule has 0 spiro atoms. The molecule has 0 saturated heterocycles. The van der Waals surface area contributed by atoms with Crippen LogP contribution < -0.4 is 20.1 Å². The second kappa shape index (κ2) is 12.9. The van der Waals surface area contributed by atoms with E-state index in [4.69, 9.17) is 9.47 Å². The molecule has 0 radical (unpaired) electrons. The number of methoxy groups -OCH3 is 2. The molecular weight excluding hydrogens is 519 g/mol. The third-order valence-corrected chi connectivity index (χ3v) is 5.08. The Balaban J connectivity index is 0.00000363. The first kappa shape index (κ1) is 25.4. The van der Waals surface area contributed by atoms with Crippen molar-refractivity contribution in [3.8, 4) is 22.9 Å². The van der Waals surface area contributed by atoms with Gasteiger partial charge in [-0.05, 0) is 54.3 Å². The van der Waals surface area contributed by atoms with E-state index in [0.717, 1.165) is 41.8 Å².